The van der Waals surface area contributed by atoms with Gasteiger partial charge in [-0.1, -0.05) is 0 Å². The fraction of sp³-hybridized carbons (Fsp3) is 0.667. The summed E-state index contributed by atoms with van der Waals surface area (Å²) in [6.45, 7) is 1.80. The summed E-state index contributed by atoms with van der Waals surface area (Å²) in [6.07, 6.45) is 8.57. The van der Waals surface area contributed by atoms with E-state index in [0.29, 0.717) is 6.10 Å². The van der Waals surface area contributed by atoms with E-state index in [1.807, 2.05) is 7.05 Å². The molecule has 1 atom stereocenters. The molecule has 0 aromatic carbocycles. The fourth-order valence-electron chi connectivity index (χ4n) is 1.97. The van der Waals surface area contributed by atoms with Gasteiger partial charge < -0.3 is 15.4 Å². The number of ether oxygens (including phenoxy) is 1. The first-order valence-corrected chi connectivity index (χ1v) is 6.24. The lowest BCUT2D eigenvalue weighted by atomic mass is 10.1. The molecule has 94 valence electrons. The highest BCUT2D eigenvalue weighted by molar-refractivity contribution is 5.40. The molecule has 5 heteroatoms. The van der Waals surface area contributed by atoms with Crippen LogP contribution in [0.15, 0.2) is 12.4 Å². The van der Waals surface area contributed by atoms with Gasteiger partial charge in [0.1, 0.15) is 11.6 Å². The standard InChI is InChI=1S/C12H20N4O/c1-13-11-8-14-9-12(16-11)15-6-5-10-4-2-3-7-17-10/h8-10H,2-7H2,1H3,(H2,13,15,16). The summed E-state index contributed by atoms with van der Waals surface area (Å²) >= 11 is 0. The van der Waals surface area contributed by atoms with Crippen LogP contribution in [0.3, 0.4) is 0 Å². The molecule has 0 radical (unpaired) electrons. The highest BCUT2D eigenvalue weighted by Crippen LogP contribution is 2.15. The molecule has 17 heavy (non-hydrogen) atoms. The molecule has 0 aliphatic carbocycles. The zero-order chi connectivity index (χ0) is 11.9. The smallest absolute Gasteiger partial charge is 0.146 e. The van der Waals surface area contributed by atoms with Crippen molar-refractivity contribution in [3.8, 4) is 0 Å². The Morgan fingerprint density at radius 3 is 3.00 bits per heavy atom. The van der Waals surface area contributed by atoms with Crippen molar-refractivity contribution < 1.29 is 4.74 Å². The predicted octanol–water partition coefficient (Wildman–Crippen LogP) is 1.89. The summed E-state index contributed by atoms with van der Waals surface area (Å²) in [5, 5.41) is 6.24. The second-order valence-corrected chi connectivity index (χ2v) is 4.24. The van der Waals surface area contributed by atoms with Crippen LogP contribution in [-0.4, -0.2) is 36.3 Å². The second kappa shape index (κ2) is 6.39. The molecule has 1 fully saturated rings. The maximum Gasteiger partial charge on any atom is 0.146 e. The normalized spacial score (nSPS) is 19.9. The molecule has 0 spiro atoms. The van der Waals surface area contributed by atoms with E-state index in [4.69, 9.17) is 4.74 Å². The van der Waals surface area contributed by atoms with Gasteiger partial charge >= 0.3 is 0 Å². The maximum absolute atomic E-state index is 5.67. The fourth-order valence-corrected chi connectivity index (χ4v) is 1.97. The van der Waals surface area contributed by atoms with Crippen molar-refractivity contribution in [2.75, 3.05) is 30.8 Å². The van der Waals surface area contributed by atoms with Crippen LogP contribution in [0.4, 0.5) is 11.6 Å². The average molecular weight is 236 g/mol. The van der Waals surface area contributed by atoms with Gasteiger partial charge in [0, 0.05) is 20.2 Å². The topological polar surface area (TPSA) is 59.1 Å². The van der Waals surface area contributed by atoms with E-state index in [1.54, 1.807) is 12.4 Å². The number of hydrogen-bond acceptors (Lipinski definition) is 5. The molecule has 1 aliphatic heterocycles. The largest absolute Gasteiger partial charge is 0.378 e. The minimum absolute atomic E-state index is 0.414. The predicted molar refractivity (Wildman–Crippen MR) is 68.3 cm³/mol. The molecule has 0 saturated carbocycles. The lowest BCUT2D eigenvalue weighted by molar-refractivity contribution is 0.0134. The number of anilines is 2. The lowest BCUT2D eigenvalue weighted by Gasteiger charge is -2.22. The second-order valence-electron chi connectivity index (χ2n) is 4.24. The molecule has 1 aliphatic rings. The third-order valence-corrected chi connectivity index (χ3v) is 2.94. The van der Waals surface area contributed by atoms with Crippen LogP contribution in [0.2, 0.25) is 0 Å². The van der Waals surface area contributed by atoms with E-state index >= 15 is 0 Å². The van der Waals surface area contributed by atoms with Crippen LogP contribution in [-0.2, 0) is 4.74 Å². The Morgan fingerprint density at radius 1 is 1.35 bits per heavy atom. The van der Waals surface area contributed by atoms with Gasteiger partial charge in [-0.25, -0.2) is 4.98 Å². The van der Waals surface area contributed by atoms with Gasteiger partial charge in [0.15, 0.2) is 0 Å². The van der Waals surface area contributed by atoms with Crippen LogP contribution < -0.4 is 10.6 Å². The minimum Gasteiger partial charge on any atom is -0.378 e. The summed E-state index contributed by atoms with van der Waals surface area (Å²) in [5.74, 6) is 1.59. The summed E-state index contributed by atoms with van der Waals surface area (Å²) in [6, 6.07) is 0. The van der Waals surface area contributed by atoms with E-state index in [2.05, 4.69) is 20.6 Å². The zero-order valence-electron chi connectivity index (χ0n) is 10.3. The Bertz CT molecular complexity index is 339. The molecule has 2 heterocycles. The average Bonchev–Trinajstić information content (AvgIpc) is 2.40. The summed E-state index contributed by atoms with van der Waals surface area (Å²) in [4.78, 5) is 8.45. The van der Waals surface area contributed by atoms with Crippen molar-refractivity contribution in [2.24, 2.45) is 0 Å². The van der Waals surface area contributed by atoms with E-state index in [1.165, 1.54) is 19.3 Å². The van der Waals surface area contributed by atoms with Crippen molar-refractivity contribution in [1.82, 2.24) is 9.97 Å². The van der Waals surface area contributed by atoms with E-state index in [0.717, 1.165) is 31.2 Å². The van der Waals surface area contributed by atoms with Gasteiger partial charge in [-0.15, -0.1) is 0 Å². The molecule has 1 aromatic heterocycles. The van der Waals surface area contributed by atoms with Crippen molar-refractivity contribution in [3.63, 3.8) is 0 Å². The molecule has 1 unspecified atom stereocenters. The molecule has 1 aromatic rings. The number of rotatable bonds is 5. The van der Waals surface area contributed by atoms with E-state index < -0.39 is 0 Å². The molecular weight excluding hydrogens is 216 g/mol. The molecule has 0 bridgehead atoms. The molecule has 5 nitrogen and oxygen atoms in total. The van der Waals surface area contributed by atoms with Gasteiger partial charge in [-0.3, -0.25) is 4.98 Å². The first kappa shape index (κ1) is 12.1. The minimum atomic E-state index is 0.414. The van der Waals surface area contributed by atoms with E-state index in [-0.39, 0.29) is 0 Å². The quantitative estimate of drug-likeness (QED) is 0.817. The van der Waals surface area contributed by atoms with Gasteiger partial charge in [0.2, 0.25) is 0 Å². The Morgan fingerprint density at radius 2 is 2.24 bits per heavy atom. The van der Waals surface area contributed by atoms with E-state index in [9.17, 15) is 0 Å². The first-order chi connectivity index (χ1) is 8.38. The summed E-state index contributed by atoms with van der Waals surface area (Å²) in [7, 11) is 1.84. The van der Waals surface area contributed by atoms with Crippen molar-refractivity contribution in [1.29, 1.82) is 0 Å². The molecule has 0 amide bonds. The van der Waals surface area contributed by atoms with Gasteiger partial charge in [-0.2, -0.15) is 0 Å². The van der Waals surface area contributed by atoms with Crippen molar-refractivity contribution in [3.05, 3.63) is 12.4 Å². The first-order valence-electron chi connectivity index (χ1n) is 6.24. The van der Waals surface area contributed by atoms with Crippen LogP contribution in [0, 0.1) is 0 Å². The van der Waals surface area contributed by atoms with Gasteiger partial charge in [0.25, 0.3) is 0 Å². The zero-order valence-corrected chi connectivity index (χ0v) is 10.3. The van der Waals surface area contributed by atoms with Gasteiger partial charge in [-0.05, 0) is 25.7 Å². The molecular formula is C12H20N4O. The number of nitrogens with zero attached hydrogens (tertiary/aromatic N) is 2. The van der Waals surface area contributed by atoms with Crippen molar-refractivity contribution in [2.45, 2.75) is 31.8 Å². The highest BCUT2D eigenvalue weighted by atomic mass is 16.5. The monoisotopic (exact) mass is 236 g/mol. The van der Waals surface area contributed by atoms with Crippen LogP contribution in [0.25, 0.3) is 0 Å². The van der Waals surface area contributed by atoms with Gasteiger partial charge in [0.05, 0.1) is 18.5 Å². The molecule has 2 rings (SSSR count). The Hall–Kier alpha value is -1.36. The summed E-state index contributed by atoms with van der Waals surface area (Å²) in [5.41, 5.74) is 0. The lowest BCUT2D eigenvalue weighted by Crippen LogP contribution is -2.22. The molecule has 1 saturated heterocycles. The number of nitrogens with one attached hydrogen (secondary N) is 2. The van der Waals surface area contributed by atoms with Crippen LogP contribution in [0.1, 0.15) is 25.7 Å². The Balaban J connectivity index is 1.73. The van der Waals surface area contributed by atoms with Crippen LogP contribution in [0.5, 0.6) is 0 Å². The van der Waals surface area contributed by atoms with Crippen molar-refractivity contribution >= 4 is 11.6 Å². The summed E-state index contributed by atoms with van der Waals surface area (Å²) < 4.78 is 5.67. The molecule has 2 N–H and O–H groups in total. The highest BCUT2D eigenvalue weighted by Gasteiger charge is 2.12. The third kappa shape index (κ3) is 3.85. The maximum atomic E-state index is 5.67. The number of hydrogen-bond donors (Lipinski definition) is 2. The Labute approximate surface area is 102 Å². The number of aromatic nitrogens is 2. The SMILES string of the molecule is CNc1cncc(NCCC2CCCCO2)n1. The Kier molecular flexibility index (Phi) is 4.55. The third-order valence-electron chi connectivity index (χ3n) is 2.94. The van der Waals surface area contributed by atoms with Crippen LogP contribution >= 0.6 is 0 Å².